The lowest BCUT2D eigenvalue weighted by Crippen LogP contribution is -2.44. The molecule has 0 saturated carbocycles. The topological polar surface area (TPSA) is 185 Å². The lowest BCUT2D eigenvalue weighted by atomic mass is 9.73. The Morgan fingerprint density at radius 1 is 0.543 bits per heavy atom. The number of ether oxygens (including phenoxy) is 10. The van der Waals surface area contributed by atoms with Crippen LogP contribution in [0.2, 0.25) is 0 Å². The summed E-state index contributed by atoms with van der Waals surface area (Å²) in [6, 6.07) is 28.6. The predicted octanol–water partition coefficient (Wildman–Crippen LogP) is 15.9. The molecular formula is C76H126N2O14. The first-order valence-electron chi connectivity index (χ1n) is 33.1. The van der Waals surface area contributed by atoms with Gasteiger partial charge in [-0.2, -0.15) is 0 Å². The fraction of sp³-hybridized carbons (Fsp3) is 0.658. The van der Waals surface area contributed by atoms with Crippen molar-refractivity contribution in [2.45, 2.75) is 235 Å². The van der Waals surface area contributed by atoms with Gasteiger partial charge in [0.1, 0.15) is 17.1 Å². The van der Waals surface area contributed by atoms with Gasteiger partial charge in [0, 0.05) is 57.1 Å². The van der Waals surface area contributed by atoms with Gasteiger partial charge < -0.3 is 58.0 Å². The minimum absolute atomic E-state index is 0.0214. The molecule has 3 aromatic rings. The number of esters is 1. The number of carbonyl (C=O) groups is 4. The van der Waals surface area contributed by atoms with E-state index in [2.05, 4.69) is 161 Å². The van der Waals surface area contributed by atoms with E-state index in [9.17, 15) is 19.2 Å². The second-order valence-corrected chi connectivity index (χ2v) is 28.0. The Hall–Kier alpha value is -5.62. The predicted molar refractivity (Wildman–Crippen MR) is 374 cm³/mol. The Balaban J connectivity index is 0.00000289. The zero-order valence-electron chi connectivity index (χ0n) is 60.8. The summed E-state index contributed by atoms with van der Waals surface area (Å²) < 4.78 is 58.7. The van der Waals surface area contributed by atoms with Crippen molar-refractivity contribution in [1.29, 1.82) is 0 Å². The van der Waals surface area contributed by atoms with E-state index in [-0.39, 0.29) is 57.1 Å². The molecule has 3 rings (SSSR count). The standard InChI is InChI=1S/C59H94O9.C8H13NO3.C5H11NO2.C4H8/c1-46(64-43-51(58(12,13)68-45-60)47-27-19-17-20-28-47)53(2,3)35-23-25-39-65-55(6,7)37-41-62-49-31-33-50(34-32-49)63-42-38-56(8,9)66-40-26-24-36-54(4,5)59(14,15)67-44-52(57(10,11)61-16)48-29-21-18-22-30-48;1-7(2)8(11)12-5-3-4-9-6-10;1-6-3-2-4-8-5-7;1-4(2)3/h17-22,27-34,45-46,51-52H,23-26,35-44H2,1-16H3;6H,1,3-5H2,2H3,(H,9,10);5-6H,2-4H2,1H3;1H2,2-3H3. The number of hydrogen-bond acceptors (Lipinski definition) is 15. The Morgan fingerprint density at radius 2 is 1.01 bits per heavy atom. The van der Waals surface area contributed by atoms with Crippen LogP contribution >= 0.6 is 0 Å². The maximum atomic E-state index is 11.3. The highest BCUT2D eigenvalue weighted by atomic mass is 16.6. The third-order valence-electron chi connectivity index (χ3n) is 16.9. The molecule has 0 fully saturated rings. The highest BCUT2D eigenvalue weighted by Crippen LogP contribution is 2.41. The molecule has 524 valence electrons. The molecule has 92 heavy (non-hydrogen) atoms. The Labute approximate surface area is 557 Å². The van der Waals surface area contributed by atoms with E-state index in [1.807, 2.05) is 77.2 Å². The van der Waals surface area contributed by atoms with Gasteiger partial charge in [-0.25, -0.2) is 4.79 Å². The van der Waals surface area contributed by atoms with Crippen LogP contribution in [0, 0.1) is 10.8 Å². The van der Waals surface area contributed by atoms with Crippen LogP contribution < -0.4 is 20.1 Å². The molecule has 2 N–H and O–H groups in total. The Kier molecular flexibility index (Phi) is 42.9. The molecule has 3 unspecified atom stereocenters. The molecule has 3 atom stereocenters. The summed E-state index contributed by atoms with van der Waals surface area (Å²) in [7, 11) is 3.64. The van der Waals surface area contributed by atoms with Crippen molar-refractivity contribution in [1.82, 2.24) is 10.6 Å². The monoisotopic (exact) mass is 1290 g/mol. The highest BCUT2D eigenvalue weighted by Gasteiger charge is 2.40. The molecule has 0 aliphatic rings. The van der Waals surface area contributed by atoms with Crippen LogP contribution in [-0.2, 0) is 57.1 Å². The van der Waals surface area contributed by atoms with Gasteiger partial charge in [-0.3, -0.25) is 14.4 Å². The summed E-state index contributed by atoms with van der Waals surface area (Å²) in [4.78, 5) is 41.3. The van der Waals surface area contributed by atoms with Crippen molar-refractivity contribution in [3.63, 3.8) is 0 Å². The minimum Gasteiger partial charge on any atom is -0.493 e. The molecule has 0 aliphatic heterocycles. The van der Waals surface area contributed by atoms with Gasteiger partial charge in [0.15, 0.2) is 0 Å². The normalized spacial score (nSPS) is 13.0. The molecule has 0 aliphatic carbocycles. The highest BCUT2D eigenvalue weighted by molar-refractivity contribution is 5.86. The van der Waals surface area contributed by atoms with Crippen LogP contribution in [0.5, 0.6) is 11.5 Å². The first-order chi connectivity index (χ1) is 43.1. The number of amides is 1. The van der Waals surface area contributed by atoms with Crippen molar-refractivity contribution in [2.24, 2.45) is 10.8 Å². The summed E-state index contributed by atoms with van der Waals surface area (Å²) in [6.45, 7) is 51.8. The number of allylic oxidation sites excluding steroid dienone is 1. The number of unbranched alkanes of at least 4 members (excludes halogenated alkanes) is 2. The summed E-state index contributed by atoms with van der Waals surface area (Å²) in [5.74, 6) is 1.28. The molecule has 1 amide bonds. The van der Waals surface area contributed by atoms with Gasteiger partial charge in [-0.15, -0.1) is 6.58 Å². The SMILES string of the molecule is C=C(C)C.C=C(C)C(=O)OCCCNC=O.CNCCCOC=O.COC(C)(C)C(COC(C)(C)C(C)(C)CCCCOC(C)(C)CCOc1ccc(OCCC(C)(C)OCCCCC(C)(C)C(C)OCC(c2ccccc2)C(C)(C)OC=O)cc1)c1ccccc1. The maximum Gasteiger partial charge on any atom is 0.333 e. The van der Waals surface area contributed by atoms with Crippen molar-refractivity contribution in [2.75, 3.05) is 80.1 Å². The molecule has 3 aromatic carbocycles. The molecule has 16 heteroatoms. The van der Waals surface area contributed by atoms with E-state index in [4.69, 9.17) is 42.6 Å². The Bertz CT molecular complexity index is 2440. The van der Waals surface area contributed by atoms with Crippen molar-refractivity contribution < 1.29 is 66.5 Å². The van der Waals surface area contributed by atoms with Crippen molar-refractivity contribution in [3.8, 4) is 11.5 Å². The van der Waals surface area contributed by atoms with E-state index in [1.54, 1.807) is 14.0 Å². The van der Waals surface area contributed by atoms with E-state index in [0.717, 1.165) is 81.4 Å². The van der Waals surface area contributed by atoms with E-state index in [1.165, 1.54) is 11.1 Å². The molecule has 0 saturated heterocycles. The summed E-state index contributed by atoms with van der Waals surface area (Å²) in [6.07, 6.45) is 9.81. The first-order valence-corrected chi connectivity index (χ1v) is 33.1. The smallest absolute Gasteiger partial charge is 0.333 e. The van der Waals surface area contributed by atoms with Crippen LogP contribution in [0.1, 0.15) is 212 Å². The molecule has 0 spiro atoms. The van der Waals surface area contributed by atoms with Crippen molar-refractivity contribution >= 4 is 25.3 Å². The van der Waals surface area contributed by atoms with Gasteiger partial charge in [0.05, 0.1) is 68.1 Å². The third kappa shape index (κ3) is 38.5. The van der Waals surface area contributed by atoms with Gasteiger partial charge in [0.25, 0.3) is 12.9 Å². The largest absolute Gasteiger partial charge is 0.493 e. The summed E-state index contributed by atoms with van der Waals surface area (Å²) in [5.41, 5.74) is 1.87. The average molecular weight is 1290 g/mol. The van der Waals surface area contributed by atoms with Crippen LogP contribution in [0.3, 0.4) is 0 Å². The summed E-state index contributed by atoms with van der Waals surface area (Å²) in [5, 5.41) is 5.39. The number of methoxy groups -OCH3 is 1. The average Bonchev–Trinajstić information content (AvgIpc) is 0.922. The molecule has 16 nitrogen and oxygen atoms in total. The molecular weight excluding hydrogens is 1160 g/mol. The maximum absolute atomic E-state index is 11.3. The number of rotatable bonds is 46. The number of hydrogen-bond donors (Lipinski definition) is 2. The van der Waals surface area contributed by atoms with Crippen LogP contribution in [0.4, 0.5) is 0 Å². The van der Waals surface area contributed by atoms with Gasteiger partial charge in [0.2, 0.25) is 6.41 Å². The van der Waals surface area contributed by atoms with Crippen molar-refractivity contribution in [3.05, 3.63) is 120 Å². The van der Waals surface area contributed by atoms with E-state index < -0.39 is 5.60 Å². The quantitative estimate of drug-likeness (QED) is 0.0136. The van der Waals surface area contributed by atoms with E-state index >= 15 is 0 Å². The second-order valence-electron chi connectivity index (χ2n) is 28.0. The minimum atomic E-state index is -0.690. The Morgan fingerprint density at radius 3 is 1.45 bits per heavy atom. The van der Waals surface area contributed by atoms with Crippen LogP contribution in [0.25, 0.3) is 0 Å². The van der Waals surface area contributed by atoms with Gasteiger partial charge >= 0.3 is 5.97 Å². The second kappa shape index (κ2) is 45.7. The molecule has 0 heterocycles. The molecule has 0 aromatic heterocycles. The fourth-order valence-corrected chi connectivity index (χ4v) is 9.13. The number of benzene rings is 3. The zero-order valence-corrected chi connectivity index (χ0v) is 60.8. The van der Waals surface area contributed by atoms with Crippen LogP contribution in [-0.4, -0.2) is 140 Å². The summed E-state index contributed by atoms with van der Waals surface area (Å²) >= 11 is 0. The molecule has 0 bridgehead atoms. The number of nitrogens with one attached hydrogen (secondary N) is 2. The lowest BCUT2D eigenvalue weighted by molar-refractivity contribution is -0.145. The van der Waals surface area contributed by atoms with Crippen LogP contribution in [0.15, 0.2) is 109 Å². The zero-order chi connectivity index (χ0) is 69.9. The van der Waals surface area contributed by atoms with E-state index in [0.29, 0.717) is 90.7 Å². The molecule has 0 radical (unpaired) electrons. The fourth-order valence-electron chi connectivity index (χ4n) is 9.13. The first kappa shape index (κ1) is 86.4. The van der Waals surface area contributed by atoms with Gasteiger partial charge in [-0.1, -0.05) is 113 Å². The lowest BCUT2D eigenvalue weighted by Gasteiger charge is -2.44. The number of carbonyl (C=O) groups excluding carboxylic acids is 4. The van der Waals surface area contributed by atoms with Gasteiger partial charge in [-0.05, 0) is 195 Å². The third-order valence-corrected chi connectivity index (χ3v) is 16.9.